The van der Waals surface area contributed by atoms with Gasteiger partial charge in [-0.15, -0.1) is 0 Å². The molecule has 2 heterocycles. The Labute approximate surface area is 131 Å². The molecule has 0 unspecified atom stereocenters. The zero-order valence-electron chi connectivity index (χ0n) is 9.44. The van der Waals surface area contributed by atoms with Crippen LogP contribution in [0.2, 0.25) is 5.15 Å². The Morgan fingerprint density at radius 3 is 2.63 bits per heavy atom. The lowest BCUT2D eigenvalue weighted by atomic mass is 10.1. The maximum atomic E-state index is 6.02. The van der Waals surface area contributed by atoms with Crippen LogP contribution < -0.4 is 0 Å². The lowest BCUT2D eigenvalue weighted by Crippen LogP contribution is -1.92. The molecule has 0 bridgehead atoms. The van der Waals surface area contributed by atoms with Crippen LogP contribution >= 0.6 is 43.5 Å². The molecule has 3 rings (SSSR count). The molecule has 3 nitrogen and oxygen atoms in total. The Bertz CT molecular complexity index is 777. The van der Waals surface area contributed by atoms with Crippen LogP contribution in [0.4, 0.5) is 0 Å². The van der Waals surface area contributed by atoms with Crippen LogP contribution in [0.1, 0.15) is 0 Å². The minimum Gasteiger partial charge on any atom is -0.255 e. The van der Waals surface area contributed by atoms with Crippen LogP contribution in [-0.2, 0) is 0 Å². The van der Waals surface area contributed by atoms with E-state index in [4.69, 9.17) is 11.6 Å². The molecular weight excluding hydrogens is 393 g/mol. The van der Waals surface area contributed by atoms with Crippen molar-refractivity contribution in [3.05, 3.63) is 50.8 Å². The zero-order chi connectivity index (χ0) is 13.4. The summed E-state index contributed by atoms with van der Waals surface area (Å²) in [4.78, 5) is 13.0. The van der Waals surface area contributed by atoms with E-state index in [-0.39, 0.29) is 0 Å². The first-order valence-electron chi connectivity index (χ1n) is 5.38. The topological polar surface area (TPSA) is 38.7 Å². The van der Waals surface area contributed by atoms with E-state index >= 15 is 0 Å². The molecule has 0 atom stereocenters. The highest BCUT2D eigenvalue weighted by atomic mass is 79.9. The summed E-state index contributed by atoms with van der Waals surface area (Å²) in [5.74, 6) is 0.560. The smallest absolute Gasteiger partial charge is 0.163 e. The summed E-state index contributed by atoms with van der Waals surface area (Å²) in [7, 11) is 0. The van der Waals surface area contributed by atoms with E-state index in [2.05, 4.69) is 46.8 Å². The van der Waals surface area contributed by atoms with E-state index in [0.717, 1.165) is 20.9 Å². The quantitative estimate of drug-likeness (QED) is 0.548. The number of aromatic nitrogens is 3. The van der Waals surface area contributed by atoms with E-state index in [1.54, 1.807) is 12.4 Å². The van der Waals surface area contributed by atoms with Gasteiger partial charge < -0.3 is 0 Å². The van der Waals surface area contributed by atoms with Gasteiger partial charge in [0.05, 0.1) is 9.99 Å². The van der Waals surface area contributed by atoms with Crippen molar-refractivity contribution in [3.63, 3.8) is 0 Å². The van der Waals surface area contributed by atoms with Crippen LogP contribution in [0.3, 0.4) is 0 Å². The normalized spacial score (nSPS) is 10.9. The molecule has 0 aliphatic heterocycles. The van der Waals surface area contributed by atoms with Gasteiger partial charge in [-0.2, -0.15) is 0 Å². The third-order valence-electron chi connectivity index (χ3n) is 2.66. The fourth-order valence-corrected chi connectivity index (χ4v) is 2.57. The minimum absolute atomic E-state index is 0.386. The highest BCUT2D eigenvalue weighted by Gasteiger charge is 2.11. The second-order valence-electron chi connectivity index (χ2n) is 3.83. The SMILES string of the molecule is Clc1nc(-c2ccc(Br)c3cccnc23)ncc1Br. The van der Waals surface area contributed by atoms with Gasteiger partial charge >= 0.3 is 0 Å². The third-order valence-corrected chi connectivity index (χ3v) is 4.45. The third kappa shape index (κ3) is 2.38. The van der Waals surface area contributed by atoms with Gasteiger partial charge in [0.25, 0.3) is 0 Å². The van der Waals surface area contributed by atoms with Gasteiger partial charge in [-0.25, -0.2) is 9.97 Å². The molecule has 0 aliphatic carbocycles. The van der Waals surface area contributed by atoms with Crippen LogP contribution in [0.15, 0.2) is 45.6 Å². The summed E-state index contributed by atoms with van der Waals surface area (Å²) in [6, 6.07) is 7.78. The van der Waals surface area contributed by atoms with Gasteiger partial charge in [-0.1, -0.05) is 33.6 Å². The minimum atomic E-state index is 0.386. The first kappa shape index (κ1) is 13.0. The van der Waals surface area contributed by atoms with Crippen molar-refractivity contribution in [1.29, 1.82) is 0 Å². The first-order chi connectivity index (χ1) is 9.16. The Balaban J connectivity index is 2.31. The van der Waals surface area contributed by atoms with Crippen LogP contribution in [-0.4, -0.2) is 15.0 Å². The maximum absolute atomic E-state index is 6.02. The predicted molar refractivity (Wildman–Crippen MR) is 83.2 cm³/mol. The number of benzene rings is 1. The molecule has 0 saturated heterocycles. The molecule has 0 amide bonds. The van der Waals surface area contributed by atoms with Crippen LogP contribution in [0.5, 0.6) is 0 Å². The molecule has 1 aromatic carbocycles. The van der Waals surface area contributed by atoms with Crippen molar-refractivity contribution in [3.8, 4) is 11.4 Å². The monoisotopic (exact) mass is 397 g/mol. The molecule has 2 aromatic heterocycles. The van der Waals surface area contributed by atoms with Crippen molar-refractivity contribution >= 4 is 54.4 Å². The predicted octanol–water partition coefficient (Wildman–Crippen LogP) is 4.87. The molecule has 6 heteroatoms. The van der Waals surface area contributed by atoms with Crippen molar-refractivity contribution in [2.45, 2.75) is 0 Å². The average molecular weight is 399 g/mol. The largest absolute Gasteiger partial charge is 0.255 e. The van der Waals surface area contributed by atoms with Crippen LogP contribution in [0.25, 0.3) is 22.3 Å². The number of hydrogen-bond donors (Lipinski definition) is 0. The van der Waals surface area contributed by atoms with Crippen molar-refractivity contribution in [2.24, 2.45) is 0 Å². The summed E-state index contributed by atoms with van der Waals surface area (Å²) in [5, 5.41) is 1.40. The molecule has 0 N–H and O–H groups in total. The summed E-state index contributed by atoms with van der Waals surface area (Å²) < 4.78 is 1.66. The van der Waals surface area contributed by atoms with E-state index in [9.17, 15) is 0 Å². The first-order valence-corrected chi connectivity index (χ1v) is 7.35. The molecule has 0 aliphatic rings. The molecule has 0 saturated carbocycles. The summed E-state index contributed by atoms with van der Waals surface area (Å²) in [6.45, 7) is 0. The number of rotatable bonds is 1. The second-order valence-corrected chi connectivity index (χ2v) is 5.89. The van der Waals surface area contributed by atoms with Gasteiger partial charge in [0.15, 0.2) is 5.82 Å². The van der Waals surface area contributed by atoms with E-state index in [1.807, 2.05) is 24.3 Å². The Kier molecular flexibility index (Phi) is 3.52. The van der Waals surface area contributed by atoms with Crippen molar-refractivity contribution in [1.82, 2.24) is 15.0 Å². The molecule has 3 aromatic rings. The number of pyridine rings is 1. The fraction of sp³-hybridized carbons (Fsp3) is 0. The summed E-state index contributed by atoms with van der Waals surface area (Å²) >= 11 is 12.8. The summed E-state index contributed by atoms with van der Waals surface area (Å²) in [6.07, 6.45) is 3.39. The molecule has 0 fully saturated rings. The number of halogens is 3. The van der Waals surface area contributed by atoms with Gasteiger partial charge in [-0.3, -0.25) is 4.98 Å². The van der Waals surface area contributed by atoms with Gasteiger partial charge in [-0.05, 0) is 34.1 Å². The number of nitrogens with zero attached hydrogens (tertiary/aromatic N) is 3. The maximum Gasteiger partial charge on any atom is 0.163 e. The second kappa shape index (κ2) is 5.15. The lowest BCUT2D eigenvalue weighted by molar-refractivity contribution is 1.16. The fourth-order valence-electron chi connectivity index (χ4n) is 1.79. The van der Waals surface area contributed by atoms with Crippen LogP contribution in [0, 0.1) is 0 Å². The highest BCUT2D eigenvalue weighted by Crippen LogP contribution is 2.31. The number of hydrogen-bond acceptors (Lipinski definition) is 3. The lowest BCUT2D eigenvalue weighted by Gasteiger charge is -2.06. The number of fused-ring (bicyclic) bond motifs is 1. The van der Waals surface area contributed by atoms with Gasteiger partial charge in [0.1, 0.15) is 5.15 Å². The highest BCUT2D eigenvalue weighted by molar-refractivity contribution is 9.11. The van der Waals surface area contributed by atoms with Crippen molar-refractivity contribution in [2.75, 3.05) is 0 Å². The summed E-state index contributed by atoms with van der Waals surface area (Å²) in [5.41, 5.74) is 1.70. The molecule has 0 spiro atoms. The van der Waals surface area contributed by atoms with E-state index in [1.165, 1.54) is 0 Å². The molecule has 94 valence electrons. The molecular formula is C13H6Br2ClN3. The van der Waals surface area contributed by atoms with Crippen molar-refractivity contribution < 1.29 is 0 Å². The Morgan fingerprint density at radius 2 is 1.84 bits per heavy atom. The molecule has 0 radical (unpaired) electrons. The van der Waals surface area contributed by atoms with E-state index in [0.29, 0.717) is 15.5 Å². The zero-order valence-corrected chi connectivity index (χ0v) is 13.4. The van der Waals surface area contributed by atoms with Gasteiger partial charge in [0.2, 0.25) is 0 Å². The average Bonchev–Trinajstić information content (AvgIpc) is 2.43. The van der Waals surface area contributed by atoms with E-state index < -0.39 is 0 Å². The van der Waals surface area contributed by atoms with Gasteiger partial charge in [0, 0.05) is 27.8 Å². The Hall–Kier alpha value is -1.04. The Morgan fingerprint density at radius 1 is 1.00 bits per heavy atom. The molecule has 19 heavy (non-hydrogen) atoms. The standard InChI is InChI=1S/C13H6Br2ClN3/c14-9-4-3-8(11-7(9)2-1-5-17-11)13-18-6-10(15)12(16)19-13/h1-6H.